The molecule has 1 amide bonds. The molecule has 1 aliphatic rings. The van der Waals surface area contributed by atoms with Crippen molar-refractivity contribution in [1.29, 1.82) is 0 Å². The third-order valence-electron chi connectivity index (χ3n) is 5.33. The van der Waals surface area contributed by atoms with E-state index in [4.69, 9.17) is 9.26 Å². The number of amides is 1. The predicted octanol–water partition coefficient (Wildman–Crippen LogP) is 2.04. The number of halogens is 1. The van der Waals surface area contributed by atoms with Crippen LogP contribution >= 0.6 is 24.0 Å². The van der Waals surface area contributed by atoms with E-state index in [1.54, 1.807) is 14.1 Å². The summed E-state index contributed by atoms with van der Waals surface area (Å²) in [6.07, 6.45) is 3.07. The number of morpholine rings is 1. The summed E-state index contributed by atoms with van der Waals surface area (Å²) in [5, 5.41) is 10.8. The van der Waals surface area contributed by atoms with Crippen LogP contribution in [0.3, 0.4) is 0 Å². The van der Waals surface area contributed by atoms with Crippen LogP contribution in [0.1, 0.15) is 50.5 Å². The molecule has 1 aromatic heterocycles. The van der Waals surface area contributed by atoms with Crippen molar-refractivity contribution in [2.45, 2.75) is 45.6 Å². The zero-order valence-corrected chi connectivity index (χ0v) is 21.7. The van der Waals surface area contributed by atoms with Crippen LogP contribution in [0.25, 0.3) is 0 Å². The van der Waals surface area contributed by atoms with Gasteiger partial charge in [-0.15, -0.1) is 24.0 Å². The molecule has 0 saturated carbocycles. The van der Waals surface area contributed by atoms with Crippen molar-refractivity contribution < 1.29 is 14.1 Å². The number of carbonyl (C=O) groups excluding carboxylic acids is 1. The summed E-state index contributed by atoms with van der Waals surface area (Å²) in [6.45, 7) is 10.3. The van der Waals surface area contributed by atoms with Crippen molar-refractivity contribution >= 4 is 35.8 Å². The second-order valence-electron chi connectivity index (χ2n) is 7.77. The molecule has 10 heteroatoms. The Bertz CT molecular complexity index is 657. The monoisotopic (exact) mass is 550 g/mol. The molecule has 0 radical (unpaired) electrons. The molecule has 0 aliphatic carbocycles. The summed E-state index contributed by atoms with van der Waals surface area (Å²) in [7, 11) is 3.46. The molecule has 0 atom stereocenters. The number of carbonyl (C=O) groups is 1. The molecule has 2 heterocycles. The molecule has 0 bridgehead atoms. The fourth-order valence-corrected chi connectivity index (χ4v) is 3.28. The SMILES string of the molecule is CCC(CC)c1cc(CNC(=NCC(=O)N(C)C)NCCCN2CCOCC2)on1.I. The number of aromatic nitrogens is 1. The highest BCUT2D eigenvalue weighted by molar-refractivity contribution is 14.0. The molecule has 0 aromatic carbocycles. The summed E-state index contributed by atoms with van der Waals surface area (Å²) in [4.78, 5) is 20.3. The van der Waals surface area contributed by atoms with Gasteiger partial charge in [0.05, 0.1) is 25.5 Å². The fourth-order valence-electron chi connectivity index (χ4n) is 3.28. The summed E-state index contributed by atoms with van der Waals surface area (Å²) >= 11 is 0. The number of guanidine groups is 1. The van der Waals surface area contributed by atoms with Crippen LogP contribution in [0.2, 0.25) is 0 Å². The molecule has 0 unspecified atom stereocenters. The van der Waals surface area contributed by atoms with Gasteiger partial charge < -0.3 is 24.8 Å². The van der Waals surface area contributed by atoms with Gasteiger partial charge in [0.15, 0.2) is 11.7 Å². The van der Waals surface area contributed by atoms with Crippen LogP contribution in [-0.4, -0.2) is 86.9 Å². The van der Waals surface area contributed by atoms with Gasteiger partial charge in [-0.1, -0.05) is 19.0 Å². The average Bonchev–Trinajstić information content (AvgIpc) is 3.22. The zero-order chi connectivity index (χ0) is 21.8. The van der Waals surface area contributed by atoms with Gasteiger partial charge in [-0.05, 0) is 25.8 Å². The Labute approximate surface area is 203 Å². The van der Waals surface area contributed by atoms with Crippen molar-refractivity contribution in [2.75, 3.05) is 60.0 Å². The first kappa shape index (κ1) is 27.6. The molecule has 0 spiro atoms. The lowest BCUT2D eigenvalue weighted by Gasteiger charge is -2.26. The quantitative estimate of drug-likeness (QED) is 0.189. The Morgan fingerprint density at radius 3 is 2.61 bits per heavy atom. The number of nitrogens with zero attached hydrogens (tertiary/aromatic N) is 4. The lowest BCUT2D eigenvalue weighted by Crippen LogP contribution is -2.41. The number of ether oxygens (including phenoxy) is 1. The smallest absolute Gasteiger partial charge is 0.243 e. The molecule has 1 fully saturated rings. The summed E-state index contributed by atoms with van der Waals surface area (Å²) < 4.78 is 10.9. The van der Waals surface area contributed by atoms with Crippen LogP contribution in [0.15, 0.2) is 15.6 Å². The molecule has 2 rings (SSSR count). The van der Waals surface area contributed by atoms with Crippen LogP contribution in [0.4, 0.5) is 0 Å². The van der Waals surface area contributed by atoms with E-state index in [-0.39, 0.29) is 36.4 Å². The van der Waals surface area contributed by atoms with Gasteiger partial charge in [-0.3, -0.25) is 9.69 Å². The van der Waals surface area contributed by atoms with Gasteiger partial charge in [0, 0.05) is 45.7 Å². The predicted molar refractivity (Wildman–Crippen MR) is 133 cm³/mol. The normalized spacial score (nSPS) is 14.9. The summed E-state index contributed by atoms with van der Waals surface area (Å²) in [5.41, 5.74) is 0.997. The minimum Gasteiger partial charge on any atom is -0.379 e. The van der Waals surface area contributed by atoms with Crippen LogP contribution in [0, 0.1) is 0 Å². The second-order valence-corrected chi connectivity index (χ2v) is 7.77. The van der Waals surface area contributed by atoms with Crippen LogP contribution in [-0.2, 0) is 16.1 Å². The maximum Gasteiger partial charge on any atom is 0.243 e. The lowest BCUT2D eigenvalue weighted by molar-refractivity contribution is -0.127. The topological polar surface area (TPSA) is 95.2 Å². The highest BCUT2D eigenvalue weighted by Gasteiger charge is 2.14. The van der Waals surface area contributed by atoms with Gasteiger partial charge in [-0.2, -0.15) is 0 Å². The highest BCUT2D eigenvalue weighted by Crippen LogP contribution is 2.22. The first-order valence-corrected chi connectivity index (χ1v) is 11.0. The van der Waals surface area contributed by atoms with Crippen molar-refractivity contribution in [3.63, 3.8) is 0 Å². The lowest BCUT2D eigenvalue weighted by atomic mass is 9.99. The Morgan fingerprint density at radius 1 is 1.26 bits per heavy atom. The first-order valence-electron chi connectivity index (χ1n) is 11.0. The molecule has 2 N–H and O–H groups in total. The van der Waals surface area contributed by atoms with E-state index in [0.717, 1.165) is 70.1 Å². The summed E-state index contributed by atoms with van der Waals surface area (Å²) in [5.74, 6) is 1.75. The van der Waals surface area contributed by atoms with E-state index in [1.165, 1.54) is 4.90 Å². The minimum atomic E-state index is -0.0416. The number of rotatable bonds is 11. The maximum atomic E-state index is 11.9. The van der Waals surface area contributed by atoms with Crippen molar-refractivity contribution in [3.8, 4) is 0 Å². The van der Waals surface area contributed by atoms with Gasteiger partial charge in [0.1, 0.15) is 6.54 Å². The van der Waals surface area contributed by atoms with Crippen molar-refractivity contribution in [1.82, 2.24) is 25.6 Å². The standard InChI is InChI=1S/C21H38N6O3.HI/c1-5-17(6-2)19-14-18(30-25-19)15-23-21(24-16-20(28)26(3)4)22-8-7-9-27-10-12-29-13-11-27;/h14,17H,5-13,15-16H2,1-4H3,(H2,22,23,24);1H. The molecule has 1 saturated heterocycles. The molecule has 178 valence electrons. The van der Waals surface area contributed by atoms with Gasteiger partial charge in [-0.25, -0.2) is 4.99 Å². The maximum absolute atomic E-state index is 11.9. The van der Waals surface area contributed by atoms with E-state index in [0.29, 0.717) is 18.4 Å². The van der Waals surface area contributed by atoms with Crippen LogP contribution < -0.4 is 10.6 Å². The molecular weight excluding hydrogens is 511 g/mol. The van der Waals surface area contributed by atoms with E-state index < -0.39 is 0 Å². The van der Waals surface area contributed by atoms with Gasteiger partial charge in [0.25, 0.3) is 0 Å². The molecule has 9 nitrogen and oxygen atoms in total. The number of hydrogen-bond acceptors (Lipinski definition) is 6. The number of aliphatic imine (C=N–C) groups is 1. The Balaban J connectivity index is 0.00000480. The third-order valence-corrected chi connectivity index (χ3v) is 5.33. The second kappa shape index (κ2) is 15.4. The minimum absolute atomic E-state index is 0. The van der Waals surface area contributed by atoms with E-state index in [9.17, 15) is 4.79 Å². The Kier molecular flexibility index (Phi) is 13.7. The zero-order valence-electron chi connectivity index (χ0n) is 19.4. The van der Waals surface area contributed by atoms with Crippen molar-refractivity contribution in [3.05, 3.63) is 17.5 Å². The fraction of sp³-hybridized carbons (Fsp3) is 0.762. The number of nitrogens with one attached hydrogen (secondary N) is 2. The number of hydrogen-bond donors (Lipinski definition) is 2. The van der Waals surface area contributed by atoms with E-state index in [2.05, 4.69) is 39.5 Å². The third kappa shape index (κ3) is 10.2. The molecule has 31 heavy (non-hydrogen) atoms. The largest absolute Gasteiger partial charge is 0.379 e. The summed E-state index contributed by atoms with van der Waals surface area (Å²) in [6, 6.07) is 2.01. The van der Waals surface area contributed by atoms with Gasteiger partial charge >= 0.3 is 0 Å². The molecule has 1 aromatic rings. The number of likely N-dealkylation sites (N-methyl/N-ethyl adjacent to an activating group) is 1. The van der Waals surface area contributed by atoms with Crippen LogP contribution in [0.5, 0.6) is 0 Å². The van der Waals surface area contributed by atoms with E-state index >= 15 is 0 Å². The Hall–Kier alpha value is -1.40. The Morgan fingerprint density at radius 2 is 1.97 bits per heavy atom. The van der Waals surface area contributed by atoms with Gasteiger partial charge in [0.2, 0.25) is 5.91 Å². The van der Waals surface area contributed by atoms with Crippen molar-refractivity contribution in [2.24, 2.45) is 4.99 Å². The molecular formula is C21H39IN6O3. The first-order chi connectivity index (χ1) is 14.5. The average molecular weight is 550 g/mol. The molecule has 1 aliphatic heterocycles. The highest BCUT2D eigenvalue weighted by atomic mass is 127. The van der Waals surface area contributed by atoms with E-state index in [1.807, 2.05) is 6.07 Å².